The molecule has 1 aromatic carbocycles. The van der Waals surface area contributed by atoms with Crippen LogP contribution >= 0.6 is 23.2 Å². The number of allylic oxidation sites excluding steroid dienone is 1. The molecule has 0 atom stereocenters. The molecule has 0 saturated heterocycles. The molecule has 0 amide bonds. The van der Waals surface area contributed by atoms with E-state index in [-0.39, 0.29) is 15.7 Å². The fraction of sp³-hybridized carbons (Fsp3) is 0.182. The van der Waals surface area contributed by atoms with Gasteiger partial charge in [-0.2, -0.15) is 5.26 Å². The van der Waals surface area contributed by atoms with E-state index in [9.17, 15) is 10.1 Å². The highest BCUT2D eigenvalue weighted by Gasteiger charge is 2.13. The van der Waals surface area contributed by atoms with Gasteiger partial charge >= 0.3 is 0 Å². The van der Waals surface area contributed by atoms with Crippen LogP contribution in [0.4, 0.5) is 5.69 Å². The van der Waals surface area contributed by atoms with Crippen molar-refractivity contribution in [3.63, 3.8) is 0 Å². The Labute approximate surface area is 108 Å². The second-order valence-corrected chi connectivity index (χ2v) is 4.03. The molecule has 0 bridgehead atoms. The Morgan fingerprint density at radius 1 is 1.53 bits per heavy atom. The summed E-state index contributed by atoms with van der Waals surface area (Å²) in [5, 5.41) is 19.9. The second-order valence-electron chi connectivity index (χ2n) is 3.21. The molecule has 0 aliphatic heterocycles. The molecule has 0 saturated carbocycles. The van der Waals surface area contributed by atoms with Gasteiger partial charge in [0.2, 0.25) is 0 Å². The Hall–Kier alpha value is -1.57. The van der Waals surface area contributed by atoms with Crippen LogP contribution in [-0.2, 0) is 0 Å². The third kappa shape index (κ3) is 3.19. The summed E-state index contributed by atoms with van der Waals surface area (Å²) >= 11 is 11.8. The number of benzene rings is 1. The van der Waals surface area contributed by atoms with Crippen molar-refractivity contribution in [2.45, 2.75) is 13.3 Å². The van der Waals surface area contributed by atoms with Crippen LogP contribution in [0.5, 0.6) is 0 Å². The van der Waals surface area contributed by atoms with Crippen LogP contribution in [0.3, 0.4) is 0 Å². The molecule has 0 aliphatic carbocycles. The molecular weight excluding hydrogens is 263 g/mol. The number of hydrogen-bond acceptors (Lipinski definition) is 3. The first-order valence-electron chi connectivity index (χ1n) is 4.73. The topological polar surface area (TPSA) is 66.9 Å². The van der Waals surface area contributed by atoms with Gasteiger partial charge in [0.1, 0.15) is 0 Å². The number of halogens is 2. The summed E-state index contributed by atoms with van der Waals surface area (Å²) in [5.74, 6) is 0. The van der Waals surface area contributed by atoms with Gasteiger partial charge in [-0.15, -0.1) is 0 Å². The molecule has 0 aromatic heterocycles. The molecular formula is C11H8Cl2N2O2. The lowest BCUT2D eigenvalue weighted by Crippen LogP contribution is -1.91. The van der Waals surface area contributed by atoms with Gasteiger partial charge in [-0.3, -0.25) is 10.1 Å². The van der Waals surface area contributed by atoms with Crippen LogP contribution in [-0.4, -0.2) is 4.92 Å². The number of nitrogens with zero attached hydrogens (tertiary/aromatic N) is 2. The molecule has 0 spiro atoms. The molecule has 1 rings (SSSR count). The first kappa shape index (κ1) is 13.5. The van der Waals surface area contributed by atoms with Crippen molar-refractivity contribution in [3.05, 3.63) is 44.5 Å². The third-order valence-electron chi connectivity index (χ3n) is 2.10. The van der Waals surface area contributed by atoms with Gasteiger partial charge in [0.15, 0.2) is 0 Å². The molecule has 4 nitrogen and oxygen atoms in total. The zero-order valence-corrected chi connectivity index (χ0v) is 10.4. The minimum absolute atomic E-state index is 0.154. The maximum Gasteiger partial charge on any atom is 0.271 e. The number of nitro groups is 1. The zero-order chi connectivity index (χ0) is 13.0. The minimum Gasteiger partial charge on any atom is -0.258 e. The van der Waals surface area contributed by atoms with E-state index in [1.807, 2.05) is 6.07 Å². The molecule has 0 fully saturated rings. The molecule has 17 heavy (non-hydrogen) atoms. The van der Waals surface area contributed by atoms with E-state index in [1.54, 1.807) is 6.92 Å². The third-order valence-corrected chi connectivity index (χ3v) is 2.76. The summed E-state index contributed by atoms with van der Waals surface area (Å²) in [6.45, 7) is 1.78. The van der Waals surface area contributed by atoms with Crippen molar-refractivity contribution in [2.75, 3.05) is 0 Å². The van der Waals surface area contributed by atoms with Crippen molar-refractivity contribution < 1.29 is 4.92 Å². The van der Waals surface area contributed by atoms with Crippen molar-refractivity contribution in [2.24, 2.45) is 0 Å². The van der Waals surface area contributed by atoms with E-state index >= 15 is 0 Å². The number of non-ortho nitro benzene ring substituents is 1. The van der Waals surface area contributed by atoms with Crippen LogP contribution in [0.2, 0.25) is 5.02 Å². The van der Waals surface area contributed by atoms with Crippen LogP contribution in [0.25, 0.3) is 5.03 Å². The monoisotopic (exact) mass is 270 g/mol. The SMILES string of the molecule is CC/C(C#N)=C(/Cl)c1cc(Cl)cc([N+](=O)[O-])c1. The second kappa shape index (κ2) is 5.67. The largest absolute Gasteiger partial charge is 0.271 e. The average molecular weight is 271 g/mol. The molecule has 0 heterocycles. The predicted octanol–water partition coefficient (Wildman–Crippen LogP) is 4.13. The Morgan fingerprint density at radius 3 is 2.65 bits per heavy atom. The van der Waals surface area contributed by atoms with Gasteiger partial charge in [0.05, 0.1) is 16.0 Å². The van der Waals surface area contributed by atoms with Gasteiger partial charge in [-0.1, -0.05) is 30.1 Å². The van der Waals surface area contributed by atoms with Crippen LogP contribution < -0.4 is 0 Å². The van der Waals surface area contributed by atoms with Gasteiger partial charge in [-0.25, -0.2) is 0 Å². The quantitative estimate of drug-likeness (QED) is 0.471. The average Bonchev–Trinajstić information content (AvgIpc) is 2.29. The normalized spacial score (nSPS) is 11.6. The van der Waals surface area contributed by atoms with Gasteiger partial charge < -0.3 is 0 Å². The number of nitriles is 1. The summed E-state index contributed by atoms with van der Waals surface area (Å²) in [7, 11) is 0. The molecule has 0 unspecified atom stereocenters. The Kier molecular flexibility index (Phi) is 4.50. The highest BCUT2D eigenvalue weighted by Crippen LogP contribution is 2.30. The molecule has 0 N–H and O–H groups in total. The zero-order valence-electron chi connectivity index (χ0n) is 8.91. The number of rotatable bonds is 3. The molecule has 0 aliphatic rings. The highest BCUT2D eigenvalue weighted by molar-refractivity contribution is 6.49. The fourth-order valence-electron chi connectivity index (χ4n) is 1.26. The Balaban J connectivity index is 3.38. The van der Waals surface area contributed by atoms with Crippen LogP contribution in [0, 0.1) is 21.4 Å². The van der Waals surface area contributed by atoms with Gasteiger partial charge in [-0.05, 0) is 12.5 Å². The molecule has 88 valence electrons. The van der Waals surface area contributed by atoms with Crippen molar-refractivity contribution >= 4 is 33.9 Å². The maximum atomic E-state index is 10.7. The van der Waals surface area contributed by atoms with Gasteiger partial charge in [0.25, 0.3) is 5.69 Å². The van der Waals surface area contributed by atoms with Crippen LogP contribution in [0.15, 0.2) is 23.8 Å². The maximum absolute atomic E-state index is 10.7. The molecule has 6 heteroatoms. The van der Waals surface area contributed by atoms with E-state index in [1.165, 1.54) is 18.2 Å². The summed E-state index contributed by atoms with van der Waals surface area (Å²) < 4.78 is 0. The Morgan fingerprint density at radius 2 is 2.18 bits per heavy atom. The lowest BCUT2D eigenvalue weighted by molar-refractivity contribution is -0.384. The number of hydrogen-bond donors (Lipinski definition) is 0. The van der Waals surface area contributed by atoms with E-state index < -0.39 is 4.92 Å². The van der Waals surface area contributed by atoms with Crippen molar-refractivity contribution in [3.8, 4) is 6.07 Å². The summed E-state index contributed by atoms with van der Waals surface area (Å²) in [6.07, 6.45) is 0.454. The molecule has 0 radical (unpaired) electrons. The van der Waals surface area contributed by atoms with Crippen molar-refractivity contribution in [1.29, 1.82) is 5.26 Å². The van der Waals surface area contributed by atoms with E-state index in [0.29, 0.717) is 17.6 Å². The first-order chi connectivity index (χ1) is 7.99. The van der Waals surface area contributed by atoms with Crippen molar-refractivity contribution in [1.82, 2.24) is 0 Å². The van der Waals surface area contributed by atoms with E-state index in [0.717, 1.165) is 0 Å². The summed E-state index contributed by atoms with van der Waals surface area (Å²) in [5.41, 5.74) is 0.589. The smallest absolute Gasteiger partial charge is 0.258 e. The van der Waals surface area contributed by atoms with Gasteiger partial charge in [0, 0.05) is 28.3 Å². The fourth-order valence-corrected chi connectivity index (χ4v) is 1.78. The lowest BCUT2D eigenvalue weighted by atomic mass is 10.1. The summed E-state index contributed by atoms with van der Waals surface area (Å²) in [6, 6.07) is 5.97. The standard InChI is InChI=1S/C11H8Cl2N2O2/c1-2-7(6-14)11(13)8-3-9(12)5-10(4-8)15(16)17/h3-5H,2H2,1H3/b11-7-. The lowest BCUT2D eigenvalue weighted by Gasteiger charge is -2.03. The van der Waals surface area contributed by atoms with E-state index in [2.05, 4.69) is 0 Å². The summed E-state index contributed by atoms with van der Waals surface area (Å²) in [4.78, 5) is 10.1. The van der Waals surface area contributed by atoms with Crippen LogP contribution in [0.1, 0.15) is 18.9 Å². The number of nitro benzene ring substituents is 1. The molecule has 1 aromatic rings. The van der Waals surface area contributed by atoms with E-state index in [4.69, 9.17) is 28.5 Å². The minimum atomic E-state index is -0.558. The first-order valence-corrected chi connectivity index (χ1v) is 5.49. The Bertz CT molecular complexity index is 533. The predicted molar refractivity (Wildman–Crippen MR) is 66.8 cm³/mol. The highest BCUT2D eigenvalue weighted by atomic mass is 35.5.